The zero-order valence-electron chi connectivity index (χ0n) is 9.07. The van der Waals surface area contributed by atoms with E-state index in [0.717, 1.165) is 17.3 Å². The van der Waals surface area contributed by atoms with Crippen LogP contribution in [0.1, 0.15) is 23.2 Å². The fraction of sp³-hybridized carbons (Fsp3) is 0.333. The van der Waals surface area contributed by atoms with Crippen molar-refractivity contribution in [1.29, 1.82) is 0 Å². The summed E-state index contributed by atoms with van der Waals surface area (Å²) in [6.07, 6.45) is 1.66. The Morgan fingerprint density at radius 2 is 2.18 bits per heavy atom. The molecule has 0 bridgehead atoms. The molecule has 2 aliphatic heterocycles. The number of halogens is 1. The molecule has 1 aromatic rings. The van der Waals surface area contributed by atoms with E-state index in [1.165, 1.54) is 0 Å². The molecule has 4 nitrogen and oxygen atoms in total. The van der Waals surface area contributed by atoms with Crippen molar-refractivity contribution in [1.82, 2.24) is 4.90 Å². The van der Waals surface area contributed by atoms with Gasteiger partial charge in [0.1, 0.15) is 6.04 Å². The Kier molecular flexibility index (Phi) is 2.43. The lowest BCUT2D eigenvalue weighted by atomic mass is 10.1. The fourth-order valence-corrected chi connectivity index (χ4v) is 2.82. The topological polar surface area (TPSA) is 49.4 Å². The highest BCUT2D eigenvalue weighted by Gasteiger charge is 2.38. The number of amides is 2. The third kappa shape index (κ3) is 1.65. The third-order valence-electron chi connectivity index (χ3n) is 3.29. The largest absolute Gasteiger partial charge is 0.327 e. The number of hydrogen-bond donors (Lipinski definition) is 1. The van der Waals surface area contributed by atoms with E-state index < -0.39 is 0 Å². The molecule has 0 radical (unpaired) electrons. The number of anilines is 1. The van der Waals surface area contributed by atoms with Crippen LogP contribution in [0.25, 0.3) is 0 Å². The van der Waals surface area contributed by atoms with Gasteiger partial charge in [-0.2, -0.15) is 0 Å². The molecule has 2 amide bonds. The number of fused-ring (bicyclic) bond motifs is 2. The summed E-state index contributed by atoms with van der Waals surface area (Å²) in [5.41, 5.74) is 1.18. The first-order chi connectivity index (χ1) is 8.16. The smallest absolute Gasteiger partial charge is 0.256 e. The monoisotopic (exact) mass is 294 g/mol. The molecule has 2 heterocycles. The molecule has 0 unspecified atom stereocenters. The van der Waals surface area contributed by atoms with Gasteiger partial charge in [-0.25, -0.2) is 0 Å². The third-order valence-corrected chi connectivity index (χ3v) is 3.78. The number of benzene rings is 1. The molecule has 1 fully saturated rings. The highest BCUT2D eigenvalue weighted by atomic mass is 79.9. The highest BCUT2D eigenvalue weighted by molar-refractivity contribution is 9.10. The van der Waals surface area contributed by atoms with Crippen LogP contribution in [0.4, 0.5) is 5.69 Å². The minimum atomic E-state index is -0.298. The summed E-state index contributed by atoms with van der Waals surface area (Å²) in [5.74, 6) is -0.124. The normalized spacial score (nSPS) is 22.9. The van der Waals surface area contributed by atoms with E-state index in [1.54, 1.807) is 17.0 Å². The molecule has 0 aliphatic carbocycles. The van der Waals surface area contributed by atoms with Crippen LogP contribution in [0.3, 0.4) is 0 Å². The van der Waals surface area contributed by atoms with Gasteiger partial charge in [-0.3, -0.25) is 9.59 Å². The molecular weight excluding hydrogens is 284 g/mol. The van der Waals surface area contributed by atoms with Crippen LogP contribution in [0.2, 0.25) is 0 Å². The zero-order valence-corrected chi connectivity index (χ0v) is 10.7. The van der Waals surface area contributed by atoms with Crippen molar-refractivity contribution in [3.05, 3.63) is 28.2 Å². The van der Waals surface area contributed by atoms with Crippen LogP contribution >= 0.6 is 15.9 Å². The number of carbonyl (C=O) groups is 2. The van der Waals surface area contributed by atoms with E-state index in [0.29, 0.717) is 17.8 Å². The molecule has 1 atom stereocenters. The quantitative estimate of drug-likeness (QED) is 0.796. The zero-order chi connectivity index (χ0) is 12.0. The molecule has 0 aromatic heterocycles. The standard InChI is InChI=1S/C12H11BrN2O2/c13-7-3-4-8-9(6-7)14-11(16)10-2-1-5-15(10)12(8)17/h3-4,6,10H,1-2,5H2,(H,14,16)/t10-/m0/s1. The second-order valence-corrected chi connectivity index (χ2v) is 5.25. The molecule has 88 valence electrons. The average Bonchev–Trinajstić information content (AvgIpc) is 2.74. The van der Waals surface area contributed by atoms with Gasteiger partial charge < -0.3 is 10.2 Å². The van der Waals surface area contributed by atoms with Gasteiger partial charge in [0.25, 0.3) is 5.91 Å². The van der Waals surface area contributed by atoms with Crippen LogP contribution < -0.4 is 5.32 Å². The van der Waals surface area contributed by atoms with Gasteiger partial charge in [-0.05, 0) is 31.0 Å². The average molecular weight is 295 g/mol. The molecule has 3 rings (SSSR count). The van der Waals surface area contributed by atoms with E-state index in [9.17, 15) is 9.59 Å². The summed E-state index contributed by atoms with van der Waals surface area (Å²) in [5, 5.41) is 2.83. The van der Waals surface area contributed by atoms with Crippen molar-refractivity contribution in [2.45, 2.75) is 18.9 Å². The van der Waals surface area contributed by atoms with E-state index >= 15 is 0 Å². The number of nitrogens with zero attached hydrogens (tertiary/aromatic N) is 1. The van der Waals surface area contributed by atoms with Crippen molar-refractivity contribution in [3.63, 3.8) is 0 Å². The summed E-state index contributed by atoms with van der Waals surface area (Å²) in [4.78, 5) is 26.0. The van der Waals surface area contributed by atoms with Crippen LogP contribution in [-0.4, -0.2) is 29.3 Å². The van der Waals surface area contributed by atoms with E-state index in [-0.39, 0.29) is 17.9 Å². The number of hydrogen-bond acceptors (Lipinski definition) is 2. The predicted octanol–water partition coefficient (Wildman–Crippen LogP) is 2.01. The molecule has 2 aliphatic rings. The van der Waals surface area contributed by atoms with Crippen LogP contribution in [0, 0.1) is 0 Å². The van der Waals surface area contributed by atoms with Crippen LogP contribution in [-0.2, 0) is 4.79 Å². The van der Waals surface area contributed by atoms with Crippen molar-refractivity contribution < 1.29 is 9.59 Å². The van der Waals surface area contributed by atoms with Crippen LogP contribution in [0.5, 0.6) is 0 Å². The molecule has 1 saturated heterocycles. The van der Waals surface area contributed by atoms with Gasteiger partial charge in [0.2, 0.25) is 5.91 Å². The van der Waals surface area contributed by atoms with Gasteiger partial charge in [-0.1, -0.05) is 15.9 Å². The second-order valence-electron chi connectivity index (χ2n) is 4.34. The summed E-state index contributed by atoms with van der Waals surface area (Å²) in [6.45, 7) is 0.673. The Bertz CT molecular complexity index is 515. The molecule has 5 heteroatoms. The van der Waals surface area contributed by atoms with E-state index in [4.69, 9.17) is 0 Å². The van der Waals surface area contributed by atoms with Crippen molar-refractivity contribution in [2.24, 2.45) is 0 Å². The Balaban J connectivity index is 2.12. The Morgan fingerprint density at radius 1 is 1.35 bits per heavy atom. The molecular formula is C12H11BrN2O2. The first-order valence-electron chi connectivity index (χ1n) is 5.58. The molecule has 0 spiro atoms. The van der Waals surface area contributed by atoms with Gasteiger partial charge in [-0.15, -0.1) is 0 Å². The minimum Gasteiger partial charge on any atom is -0.327 e. The van der Waals surface area contributed by atoms with Gasteiger partial charge in [0.15, 0.2) is 0 Å². The predicted molar refractivity (Wildman–Crippen MR) is 66.8 cm³/mol. The summed E-state index contributed by atoms with van der Waals surface area (Å²) in [6, 6.07) is 5.05. The van der Waals surface area contributed by atoms with Crippen LogP contribution in [0.15, 0.2) is 22.7 Å². The Morgan fingerprint density at radius 3 is 3.00 bits per heavy atom. The maximum absolute atomic E-state index is 12.3. The number of carbonyl (C=O) groups excluding carboxylic acids is 2. The summed E-state index contributed by atoms with van der Waals surface area (Å²) in [7, 11) is 0. The molecule has 0 saturated carbocycles. The SMILES string of the molecule is O=C1Nc2cc(Br)ccc2C(=O)N2CCC[C@@H]12. The van der Waals surface area contributed by atoms with Crippen molar-refractivity contribution in [2.75, 3.05) is 11.9 Å². The maximum Gasteiger partial charge on any atom is 0.256 e. The van der Waals surface area contributed by atoms with Gasteiger partial charge in [0.05, 0.1) is 11.3 Å². The lowest BCUT2D eigenvalue weighted by Crippen LogP contribution is -2.40. The second kappa shape index (κ2) is 3.84. The minimum absolute atomic E-state index is 0.0478. The lowest BCUT2D eigenvalue weighted by molar-refractivity contribution is -0.119. The Hall–Kier alpha value is -1.36. The van der Waals surface area contributed by atoms with E-state index in [2.05, 4.69) is 21.2 Å². The Labute approximate surface area is 107 Å². The van der Waals surface area contributed by atoms with Gasteiger partial charge in [0, 0.05) is 11.0 Å². The summed E-state index contributed by atoms with van der Waals surface area (Å²) < 4.78 is 0.853. The first-order valence-corrected chi connectivity index (χ1v) is 6.37. The number of rotatable bonds is 0. The maximum atomic E-state index is 12.3. The van der Waals surface area contributed by atoms with Gasteiger partial charge >= 0.3 is 0 Å². The van der Waals surface area contributed by atoms with Crippen molar-refractivity contribution >= 4 is 33.4 Å². The molecule has 17 heavy (non-hydrogen) atoms. The van der Waals surface area contributed by atoms with Crippen molar-refractivity contribution in [3.8, 4) is 0 Å². The first kappa shape index (κ1) is 10.8. The summed E-state index contributed by atoms with van der Waals surface area (Å²) >= 11 is 3.34. The fourth-order valence-electron chi connectivity index (χ4n) is 2.46. The molecule has 1 N–H and O–H groups in total. The lowest BCUT2D eigenvalue weighted by Gasteiger charge is -2.19. The van der Waals surface area contributed by atoms with E-state index in [1.807, 2.05) is 6.07 Å². The molecule has 1 aromatic carbocycles. The number of nitrogens with one attached hydrogen (secondary N) is 1. The highest BCUT2D eigenvalue weighted by Crippen LogP contribution is 2.30.